The molecule has 0 fully saturated rings. The maximum Gasteiger partial charge on any atom is 0.354 e. The molecule has 0 spiro atoms. The first-order chi connectivity index (χ1) is 12.8. The molecule has 2 aromatic rings. The molecule has 2 N–H and O–H groups in total. The largest absolute Gasteiger partial charge is 0.467 e. The lowest BCUT2D eigenvalue weighted by molar-refractivity contribution is -0.153. The van der Waals surface area contributed by atoms with Crippen LogP contribution in [0.3, 0.4) is 0 Å². The first-order valence-corrected chi connectivity index (χ1v) is 11.5. The van der Waals surface area contributed by atoms with Crippen LogP contribution in [0.1, 0.15) is 38.2 Å². The van der Waals surface area contributed by atoms with Gasteiger partial charge in [0.25, 0.3) is 5.91 Å². The number of hydrogen-bond acceptors (Lipinski definition) is 8. The van der Waals surface area contributed by atoms with E-state index in [1.807, 2.05) is 13.1 Å². The van der Waals surface area contributed by atoms with E-state index in [4.69, 9.17) is 14.9 Å². The molecule has 0 aliphatic heterocycles. The third-order valence-electron chi connectivity index (χ3n) is 5.20. The van der Waals surface area contributed by atoms with Gasteiger partial charge >= 0.3 is 11.7 Å². The second-order valence-electron chi connectivity index (χ2n) is 8.25. The Kier molecular flexibility index (Phi) is 5.49. The Morgan fingerprint density at radius 3 is 2.36 bits per heavy atom. The van der Waals surface area contributed by atoms with E-state index < -0.39 is 31.4 Å². The van der Waals surface area contributed by atoms with Crippen molar-refractivity contribution in [3.8, 4) is 0 Å². The number of rotatable bonds is 6. The molecule has 28 heavy (non-hydrogen) atoms. The smallest absolute Gasteiger partial charge is 0.354 e. The summed E-state index contributed by atoms with van der Waals surface area (Å²) in [6.45, 7) is 11.6. The Morgan fingerprint density at radius 1 is 1.25 bits per heavy atom. The quantitative estimate of drug-likeness (QED) is 0.529. The zero-order valence-corrected chi connectivity index (χ0v) is 18.1. The first kappa shape index (κ1) is 21.7. The predicted molar refractivity (Wildman–Crippen MR) is 102 cm³/mol. The van der Waals surface area contributed by atoms with Crippen molar-refractivity contribution in [2.75, 3.05) is 13.7 Å². The molecule has 0 bridgehead atoms. The molecular weight excluding hydrogens is 384 g/mol. The third-order valence-corrected chi connectivity index (χ3v) is 9.68. The van der Waals surface area contributed by atoms with E-state index >= 15 is 0 Å². The summed E-state index contributed by atoms with van der Waals surface area (Å²) < 4.78 is 12.9. The lowest BCUT2D eigenvalue weighted by atomic mass is 10.1. The fourth-order valence-electron chi connectivity index (χ4n) is 2.25. The van der Waals surface area contributed by atoms with Crippen LogP contribution in [0.15, 0.2) is 11.1 Å². The third kappa shape index (κ3) is 3.56. The molecule has 12 heteroatoms. The number of fused-ring (bicyclic) bond motifs is 1. The van der Waals surface area contributed by atoms with Crippen LogP contribution < -0.4 is 11.4 Å². The van der Waals surface area contributed by atoms with Crippen molar-refractivity contribution in [3.63, 3.8) is 0 Å². The SMILES string of the molecule is COC(=O)C(C)(CO[Si](C)(C)C(C)(C)C)n1nnc2c(C(N)=O)ncn2c1=O. The highest BCUT2D eigenvalue weighted by molar-refractivity contribution is 6.74. The Bertz CT molecular complexity index is 976. The summed E-state index contributed by atoms with van der Waals surface area (Å²) in [4.78, 5) is 40.7. The first-order valence-electron chi connectivity index (χ1n) is 8.62. The maximum atomic E-state index is 12.9. The van der Waals surface area contributed by atoms with Gasteiger partial charge < -0.3 is 14.9 Å². The van der Waals surface area contributed by atoms with Crippen LogP contribution in [-0.2, 0) is 19.5 Å². The summed E-state index contributed by atoms with van der Waals surface area (Å²) in [5, 5.41) is 7.60. The highest BCUT2D eigenvalue weighted by Crippen LogP contribution is 2.37. The van der Waals surface area contributed by atoms with Crippen molar-refractivity contribution < 1.29 is 18.8 Å². The topological polar surface area (TPSA) is 144 Å². The van der Waals surface area contributed by atoms with Crippen LogP contribution in [0.4, 0.5) is 0 Å². The van der Waals surface area contributed by atoms with Crippen molar-refractivity contribution in [2.45, 2.75) is 51.4 Å². The molecule has 2 aromatic heterocycles. The van der Waals surface area contributed by atoms with Crippen LogP contribution in [0.5, 0.6) is 0 Å². The summed E-state index contributed by atoms with van der Waals surface area (Å²) in [7, 11) is -1.03. The van der Waals surface area contributed by atoms with E-state index in [1.54, 1.807) is 0 Å². The fourth-order valence-corrected chi connectivity index (χ4v) is 3.33. The van der Waals surface area contributed by atoms with Gasteiger partial charge in [0.1, 0.15) is 6.33 Å². The van der Waals surface area contributed by atoms with Gasteiger partial charge in [0.2, 0.25) is 0 Å². The van der Waals surface area contributed by atoms with Gasteiger partial charge in [0.15, 0.2) is 25.2 Å². The van der Waals surface area contributed by atoms with Crippen LogP contribution in [0, 0.1) is 0 Å². The number of aromatic nitrogens is 5. The fraction of sp³-hybridized carbons (Fsp3) is 0.625. The van der Waals surface area contributed by atoms with Gasteiger partial charge in [-0.2, -0.15) is 4.68 Å². The highest BCUT2D eigenvalue weighted by atomic mass is 28.4. The average Bonchev–Trinajstić information content (AvgIpc) is 3.03. The summed E-state index contributed by atoms with van der Waals surface area (Å²) in [6.07, 6.45) is 1.11. The number of nitrogens with two attached hydrogens (primary N) is 1. The Morgan fingerprint density at radius 2 is 1.86 bits per heavy atom. The standard InChI is InChI=1S/C16H26N6O5Si/c1-15(2,3)28(6,7)27-8-16(4,13(24)26-5)22-14(25)21-9-18-10(11(17)23)12(21)19-20-22/h9H,8H2,1-7H3,(H2,17,23). The van der Waals surface area contributed by atoms with Gasteiger partial charge in [-0.15, -0.1) is 5.10 Å². The zero-order valence-electron chi connectivity index (χ0n) is 17.1. The van der Waals surface area contributed by atoms with Gasteiger partial charge in [0.05, 0.1) is 13.7 Å². The molecule has 0 aliphatic rings. The van der Waals surface area contributed by atoms with Gasteiger partial charge in [-0.1, -0.05) is 26.0 Å². The van der Waals surface area contributed by atoms with E-state index in [1.165, 1.54) is 14.0 Å². The number of primary amides is 1. The number of imidazole rings is 1. The van der Waals surface area contributed by atoms with Gasteiger partial charge in [-0.25, -0.2) is 19.0 Å². The molecule has 0 saturated carbocycles. The Labute approximate surface area is 163 Å². The van der Waals surface area contributed by atoms with E-state index in [9.17, 15) is 14.4 Å². The average molecular weight is 411 g/mol. The molecule has 0 aliphatic carbocycles. The molecule has 1 unspecified atom stereocenters. The minimum atomic E-state index is -2.24. The second kappa shape index (κ2) is 7.09. The van der Waals surface area contributed by atoms with Crippen LogP contribution >= 0.6 is 0 Å². The van der Waals surface area contributed by atoms with Gasteiger partial charge in [-0.3, -0.25) is 4.79 Å². The zero-order chi connectivity index (χ0) is 21.5. The number of carbonyl (C=O) groups is 2. The molecule has 0 radical (unpaired) electrons. The molecule has 0 aromatic carbocycles. The summed E-state index contributed by atoms with van der Waals surface area (Å²) in [6, 6.07) is 0. The Balaban J connectivity index is 2.57. The number of esters is 1. The number of hydrogen-bond donors (Lipinski definition) is 1. The molecule has 2 rings (SSSR count). The van der Waals surface area contributed by atoms with Crippen LogP contribution in [0.2, 0.25) is 18.1 Å². The van der Waals surface area contributed by atoms with Crippen LogP contribution in [-0.4, -0.2) is 58.3 Å². The highest BCUT2D eigenvalue weighted by Gasteiger charge is 2.45. The maximum absolute atomic E-state index is 12.9. The normalized spacial score (nSPS) is 14.7. The molecule has 11 nitrogen and oxygen atoms in total. The minimum Gasteiger partial charge on any atom is -0.467 e. The van der Waals surface area contributed by atoms with Gasteiger partial charge in [0, 0.05) is 0 Å². The van der Waals surface area contributed by atoms with E-state index in [2.05, 4.69) is 36.1 Å². The lowest BCUT2D eigenvalue weighted by Gasteiger charge is -2.38. The van der Waals surface area contributed by atoms with Crippen molar-refractivity contribution in [3.05, 3.63) is 22.5 Å². The molecule has 1 amide bonds. The van der Waals surface area contributed by atoms with Crippen molar-refractivity contribution >= 4 is 25.8 Å². The number of methoxy groups -OCH3 is 1. The molecule has 1 atom stereocenters. The predicted octanol–water partition coefficient (Wildman–Crippen LogP) is 0.295. The second-order valence-corrected chi connectivity index (χ2v) is 13.1. The molecular formula is C16H26N6O5Si. The van der Waals surface area contributed by atoms with Gasteiger partial charge in [-0.05, 0) is 25.1 Å². The number of carbonyl (C=O) groups excluding carboxylic acids is 2. The Hall–Kier alpha value is -2.60. The number of amides is 1. The lowest BCUT2D eigenvalue weighted by Crippen LogP contribution is -2.54. The van der Waals surface area contributed by atoms with Crippen LogP contribution in [0.25, 0.3) is 5.65 Å². The van der Waals surface area contributed by atoms with Crippen molar-refractivity contribution in [2.24, 2.45) is 5.73 Å². The molecule has 154 valence electrons. The number of ether oxygens (including phenoxy) is 1. The molecule has 0 saturated heterocycles. The van der Waals surface area contributed by atoms with Crippen molar-refractivity contribution in [1.29, 1.82) is 0 Å². The van der Waals surface area contributed by atoms with Crippen molar-refractivity contribution in [1.82, 2.24) is 24.4 Å². The molecule has 2 heterocycles. The summed E-state index contributed by atoms with van der Waals surface area (Å²) >= 11 is 0. The summed E-state index contributed by atoms with van der Waals surface area (Å²) in [5.41, 5.74) is 2.65. The van der Waals surface area contributed by atoms with E-state index in [0.717, 1.165) is 15.4 Å². The van der Waals surface area contributed by atoms with E-state index in [0.29, 0.717) is 0 Å². The monoisotopic (exact) mass is 410 g/mol. The van der Waals surface area contributed by atoms with E-state index in [-0.39, 0.29) is 23.0 Å². The number of nitrogens with zero attached hydrogens (tertiary/aromatic N) is 5. The summed E-state index contributed by atoms with van der Waals surface area (Å²) in [5.74, 6) is -1.55. The minimum absolute atomic E-state index is 0.0914.